The Morgan fingerprint density at radius 1 is 1.11 bits per heavy atom. The number of aromatic nitrogens is 1. The van der Waals surface area contributed by atoms with Crippen molar-refractivity contribution in [3.63, 3.8) is 0 Å². The monoisotopic (exact) mass is 513 g/mol. The van der Waals surface area contributed by atoms with Crippen LogP contribution in [0.2, 0.25) is 0 Å². The SMILES string of the molecule is CC.COCC#C/C(NC=NCCCc1ccc(C(F)(F)F)cc1)=C(/S)c1ccc2cnccc2c1. The van der Waals surface area contributed by atoms with Gasteiger partial charge in [0.1, 0.15) is 12.3 Å². The normalized spacial score (nSPS) is 11.9. The number of alkyl halides is 3. The van der Waals surface area contributed by atoms with Gasteiger partial charge in [-0.05, 0) is 59.5 Å². The van der Waals surface area contributed by atoms with Crippen LogP contribution >= 0.6 is 12.6 Å². The summed E-state index contributed by atoms with van der Waals surface area (Å²) in [4.78, 5) is 9.14. The van der Waals surface area contributed by atoms with Crippen LogP contribution in [0.25, 0.3) is 15.7 Å². The highest BCUT2D eigenvalue weighted by Gasteiger charge is 2.29. The summed E-state index contributed by atoms with van der Waals surface area (Å²) in [5.41, 5.74) is 1.68. The fourth-order valence-electron chi connectivity index (χ4n) is 3.14. The van der Waals surface area contributed by atoms with Gasteiger partial charge in [-0.15, -0.1) is 12.6 Å². The van der Waals surface area contributed by atoms with Gasteiger partial charge in [0.2, 0.25) is 0 Å². The number of nitrogens with zero attached hydrogens (tertiary/aromatic N) is 2. The number of pyridine rings is 1. The van der Waals surface area contributed by atoms with Crippen molar-refractivity contribution in [3.05, 3.63) is 83.3 Å². The van der Waals surface area contributed by atoms with Crippen LogP contribution in [-0.4, -0.2) is 31.6 Å². The summed E-state index contributed by atoms with van der Waals surface area (Å²) in [6.45, 7) is 4.79. The molecule has 0 saturated carbocycles. The molecule has 0 radical (unpaired) electrons. The van der Waals surface area contributed by atoms with E-state index >= 15 is 0 Å². The van der Waals surface area contributed by atoms with Crippen molar-refractivity contribution in [1.29, 1.82) is 0 Å². The lowest BCUT2D eigenvalue weighted by Crippen LogP contribution is -2.11. The van der Waals surface area contributed by atoms with Crippen molar-refractivity contribution in [2.45, 2.75) is 32.9 Å². The second-order valence-corrected chi connectivity index (χ2v) is 7.82. The van der Waals surface area contributed by atoms with Gasteiger partial charge in [0.15, 0.2) is 0 Å². The maximum atomic E-state index is 12.7. The first-order chi connectivity index (χ1) is 17.4. The molecule has 1 N–H and O–H groups in total. The zero-order valence-corrected chi connectivity index (χ0v) is 21.5. The molecule has 3 aromatic rings. The van der Waals surface area contributed by atoms with E-state index in [1.807, 2.05) is 38.1 Å². The fraction of sp³-hybridized carbons (Fsp3) is 0.286. The van der Waals surface area contributed by atoms with Gasteiger partial charge in [0.25, 0.3) is 0 Å². The Hall–Kier alpha value is -3.28. The number of aliphatic imine (C=N–C) groups is 1. The number of thiol groups is 1. The molecular weight excluding hydrogens is 483 g/mol. The average molecular weight is 514 g/mol. The second kappa shape index (κ2) is 15.0. The number of hydrogen-bond donors (Lipinski definition) is 2. The predicted octanol–water partition coefficient (Wildman–Crippen LogP) is 6.78. The number of methoxy groups -OCH3 is 1. The number of aryl methyl sites for hydroxylation is 1. The van der Waals surface area contributed by atoms with E-state index in [0.29, 0.717) is 30.0 Å². The van der Waals surface area contributed by atoms with Crippen LogP contribution in [0.15, 0.2) is 71.6 Å². The molecule has 0 bridgehead atoms. The van der Waals surface area contributed by atoms with Crippen LogP contribution in [0.1, 0.15) is 37.0 Å². The topological polar surface area (TPSA) is 46.5 Å². The van der Waals surface area contributed by atoms with E-state index in [2.05, 4.69) is 39.8 Å². The summed E-state index contributed by atoms with van der Waals surface area (Å²) >= 11 is 4.68. The van der Waals surface area contributed by atoms with Crippen LogP contribution in [0, 0.1) is 11.8 Å². The zero-order valence-electron chi connectivity index (χ0n) is 20.6. The molecule has 190 valence electrons. The van der Waals surface area contributed by atoms with Crippen molar-refractivity contribution in [3.8, 4) is 11.8 Å². The quantitative estimate of drug-likeness (QED) is 0.115. The second-order valence-electron chi connectivity index (χ2n) is 7.37. The van der Waals surface area contributed by atoms with Gasteiger partial charge in [-0.1, -0.05) is 44.0 Å². The molecule has 36 heavy (non-hydrogen) atoms. The first-order valence-corrected chi connectivity index (χ1v) is 12.0. The van der Waals surface area contributed by atoms with Crippen molar-refractivity contribution in [2.75, 3.05) is 20.3 Å². The van der Waals surface area contributed by atoms with Crippen LogP contribution in [0.4, 0.5) is 13.2 Å². The molecule has 1 aromatic heterocycles. The highest BCUT2D eigenvalue weighted by molar-refractivity contribution is 7.90. The molecule has 0 atom stereocenters. The molecule has 0 aliphatic carbocycles. The van der Waals surface area contributed by atoms with E-state index in [4.69, 9.17) is 4.74 Å². The summed E-state index contributed by atoms with van der Waals surface area (Å²) < 4.78 is 43.0. The summed E-state index contributed by atoms with van der Waals surface area (Å²) in [5.74, 6) is 5.94. The number of nitrogens with one attached hydrogen (secondary N) is 1. The standard InChI is InChI=1S/C26H24F3N3OS.C2H6/c1-33-15-3-5-24(25(34)21-8-9-22-17-30-14-12-20(22)16-21)32-18-31-13-2-4-19-6-10-23(11-7-19)26(27,28)29;1-2/h6-12,14,16-18,34H,2,4,13,15H2,1H3,(H,31,32);1-2H3/b25-24-;. The number of benzene rings is 2. The summed E-state index contributed by atoms with van der Waals surface area (Å²) in [7, 11) is 1.57. The molecule has 2 aromatic carbocycles. The van der Waals surface area contributed by atoms with E-state index in [1.165, 1.54) is 12.1 Å². The Kier molecular flexibility index (Phi) is 12.0. The molecule has 8 heteroatoms. The van der Waals surface area contributed by atoms with E-state index in [-0.39, 0.29) is 6.61 Å². The molecule has 0 aliphatic rings. The Labute approximate surface area is 216 Å². The lowest BCUT2D eigenvalue weighted by Gasteiger charge is -2.08. The molecule has 0 amide bonds. The van der Waals surface area contributed by atoms with Crippen LogP contribution < -0.4 is 5.32 Å². The average Bonchev–Trinajstić information content (AvgIpc) is 2.90. The molecule has 0 aliphatic heterocycles. The van der Waals surface area contributed by atoms with Gasteiger partial charge >= 0.3 is 6.18 Å². The van der Waals surface area contributed by atoms with Gasteiger partial charge in [-0.25, -0.2) is 0 Å². The van der Waals surface area contributed by atoms with Crippen LogP contribution in [0.3, 0.4) is 0 Å². The number of hydrogen-bond acceptors (Lipinski definition) is 4. The number of fused-ring (bicyclic) bond motifs is 1. The smallest absolute Gasteiger partial charge is 0.372 e. The first kappa shape index (κ1) is 29.0. The maximum absolute atomic E-state index is 12.7. The number of rotatable bonds is 8. The molecule has 0 fully saturated rings. The Balaban J connectivity index is 0.00000222. The minimum atomic E-state index is -4.32. The fourth-order valence-corrected chi connectivity index (χ4v) is 3.40. The highest BCUT2D eigenvalue weighted by Crippen LogP contribution is 2.29. The molecule has 1 heterocycles. The third kappa shape index (κ3) is 9.06. The molecule has 0 spiro atoms. The van der Waals surface area contributed by atoms with Crippen molar-refractivity contribution in [2.24, 2.45) is 4.99 Å². The highest BCUT2D eigenvalue weighted by atomic mass is 32.1. The van der Waals surface area contributed by atoms with E-state index in [9.17, 15) is 13.2 Å². The predicted molar refractivity (Wildman–Crippen MR) is 145 cm³/mol. The summed E-state index contributed by atoms with van der Waals surface area (Å²) in [6.07, 6.45) is 2.12. The zero-order chi connectivity index (χ0) is 26.4. The Morgan fingerprint density at radius 3 is 2.56 bits per heavy atom. The third-order valence-electron chi connectivity index (χ3n) is 4.91. The number of ether oxygens (including phenoxy) is 1. The van der Waals surface area contributed by atoms with Gasteiger partial charge in [0.05, 0.1) is 11.9 Å². The molecule has 4 nitrogen and oxygen atoms in total. The Morgan fingerprint density at radius 2 is 1.86 bits per heavy atom. The lowest BCUT2D eigenvalue weighted by molar-refractivity contribution is -0.137. The van der Waals surface area contributed by atoms with Gasteiger partial charge in [0, 0.05) is 36.3 Å². The van der Waals surface area contributed by atoms with Gasteiger partial charge in [-0.3, -0.25) is 9.98 Å². The maximum Gasteiger partial charge on any atom is 0.416 e. The molecular formula is C28H30F3N3OS. The van der Waals surface area contributed by atoms with E-state index < -0.39 is 11.7 Å². The minimum Gasteiger partial charge on any atom is -0.372 e. The number of halogens is 3. The van der Waals surface area contributed by atoms with Crippen molar-refractivity contribution >= 4 is 34.6 Å². The third-order valence-corrected chi connectivity index (χ3v) is 5.40. The molecule has 0 unspecified atom stereocenters. The van der Waals surface area contributed by atoms with E-state index in [0.717, 1.165) is 34.0 Å². The lowest BCUT2D eigenvalue weighted by atomic mass is 10.1. The number of allylic oxidation sites excluding steroid dienone is 1. The molecule has 0 saturated heterocycles. The summed E-state index contributed by atoms with van der Waals surface area (Å²) in [6, 6.07) is 13.1. The molecule has 3 rings (SSSR count). The van der Waals surface area contributed by atoms with Crippen LogP contribution in [0.5, 0.6) is 0 Å². The minimum absolute atomic E-state index is 0.278. The van der Waals surface area contributed by atoms with Gasteiger partial charge < -0.3 is 10.1 Å². The van der Waals surface area contributed by atoms with Gasteiger partial charge in [-0.2, -0.15) is 13.2 Å². The van der Waals surface area contributed by atoms with Crippen LogP contribution in [-0.2, 0) is 17.3 Å². The largest absolute Gasteiger partial charge is 0.416 e. The first-order valence-electron chi connectivity index (χ1n) is 11.5. The summed E-state index contributed by atoms with van der Waals surface area (Å²) in [5, 5.41) is 5.16. The van der Waals surface area contributed by atoms with Crippen molar-refractivity contribution < 1.29 is 17.9 Å². The Bertz CT molecular complexity index is 1230. The van der Waals surface area contributed by atoms with E-state index in [1.54, 1.807) is 25.8 Å². The van der Waals surface area contributed by atoms with Crippen molar-refractivity contribution in [1.82, 2.24) is 10.3 Å².